The van der Waals surface area contributed by atoms with E-state index >= 15 is 0 Å². The fourth-order valence-corrected chi connectivity index (χ4v) is 3.54. The second-order valence-electron chi connectivity index (χ2n) is 3.84. The molecule has 0 aliphatic heterocycles. The molecule has 1 unspecified atom stereocenters. The van der Waals surface area contributed by atoms with Gasteiger partial charge in [0.15, 0.2) is 0 Å². The van der Waals surface area contributed by atoms with Gasteiger partial charge in [-0.15, -0.1) is 0 Å². The molecule has 96 valence electrons. The molecule has 0 amide bonds. The van der Waals surface area contributed by atoms with Gasteiger partial charge in [-0.2, -0.15) is 11.3 Å². The van der Waals surface area contributed by atoms with Gasteiger partial charge in [-0.1, -0.05) is 24.6 Å². The highest BCUT2D eigenvalue weighted by Crippen LogP contribution is 2.32. The molecule has 1 aromatic carbocycles. The fraction of sp³-hybridized carbons (Fsp3) is 0.231. The summed E-state index contributed by atoms with van der Waals surface area (Å²) in [6, 6.07) is 4.86. The van der Waals surface area contributed by atoms with Crippen LogP contribution in [0.5, 0.6) is 0 Å². The molecular weight excluding hydrogens is 337 g/mol. The van der Waals surface area contributed by atoms with E-state index in [1.54, 1.807) is 23.5 Å². The maximum Gasteiger partial charge on any atom is 0.141 e. The lowest BCUT2D eigenvalue weighted by molar-refractivity contribution is 0.614. The smallest absolute Gasteiger partial charge is 0.141 e. The Balaban J connectivity index is 2.41. The van der Waals surface area contributed by atoms with Crippen molar-refractivity contribution < 1.29 is 4.39 Å². The molecular formula is C13H12BrClFNS. The van der Waals surface area contributed by atoms with Crippen molar-refractivity contribution in [2.24, 2.45) is 0 Å². The molecule has 2 aromatic rings. The van der Waals surface area contributed by atoms with Crippen LogP contribution in [0.4, 0.5) is 4.39 Å². The SMILES string of the molecule is CCNC(c1ccc(F)c(Cl)c1)c1cscc1Br. The molecule has 1 atom stereocenters. The average Bonchev–Trinajstić information content (AvgIpc) is 2.76. The van der Waals surface area contributed by atoms with Crippen molar-refractivity contribution in [2.45, 2.75) is 13.0 Å². The normalized spacial score (nSPS) is 12.7. The zero-order valence-corrected chi connectivity index (χ0v) is 12.9. The van der Waals surface area contributed by atoms with Gasteiger partial charge >= 0.3 is 0 Å². The second kappa shape index (κ2) is 6.15. The van der Waals surface area contributed by atoms with Crippen LogP contribution in [0.15, 0.2) is 33.4 Å². The number of hydrogen-bond donors (Lipinski definition) is 1. The third-order valence-electron chi connectivity index (χ3n) is 2.64. The van der Waals surface area contributed by atoms with E-state index in [0.717, 1.165) is 22.1 Å². The second-order valence-corrected chi connectivity index (χ2v) is 5.84. The topological polar surface area (TPSA) is 12.0 Å². The summed E-state index contributed by atoms with van der Waals surface area (Å²) in [5, 5.41) is 7.65. The van der Waals surface area contributed by atoms with Crippen LogP contribution in [0.2, 0.25) is 5.02 Å². The third-order valence-corrected chi connectivity index (χ3v) is 4.68. The van der Waals surface area contributed by atoms with Crippen LogP contribution in [0.25, 0.3) is 0 Å². The molecule has 5 heteroatoms. The molecule has 0 aliphatic rings. The van der Waals surface area contributed by atoms with Crippen LogP contribution in [0.1, 0.15) is 24.1 Å². The lowest BCUT2D eigenvalue weighted by Gasteiger charge is -2.18. The predicted molar refractivity (Wildman–Crippen MR) is 78.9 cm³/mol. The van der Waals surface area contributed by atoms with Gasteiger partial charge in [0.1, 0.15) is 5.82 Å². The van der Waals surface area contributed by atoms with Crippen molar-refractivity contribution in [3.63, 3.8) is 0 Å². The lowest BCUT2D eigenvalue weighted by atomic mass is 10.0. The minimum Gasteiger partial charge on any atom is -0.306 e. The molecule has 2 rings (SSSR count). The molecule has 1 N–H and O–H groups in total. The lowest BCUT2D eigenvalue weighted by Crippen LogP contribution is -2.21. The maximum absolute atomic E-state index is 13.2. The van der Waals surface area contributed by atoms with Crippen molar-refractivity contribution >= 4 is 38.9 Å². The van der Waals surface area contributed by atoms with Crippen molar-refractivity contribution in [3.8, 4) is 0 Å². The first kappa shape index (κ1) is 14.0. The first-order valence-corrected chi connectivity index (χ1v) is 7.64. The van der Waals surface area contributed by atoms with E-state index < -0.39 is 0 Å². The predicted octanol–water partition coefficient (Wildman–Crippen LogP) is 5.00. The van der Waals surface area contributed by atoms with Gasteiger partial charge in [-0.25, -0.2) is 4.39 Å². The highest BCUT2D eigenvalue weighted by Gasteiger charge is 2.17. The number of nitrogens with one attached hydrogen (secondary N) is 1. The molecule has 0 bridgehead atoms. The molecule has 0 saturated carbocycles. The molecule has 0 aliphatic carbocycles. The molecule has 0 radical (unpaired) electrons. The van der Waals surface area contributed by atoms with Gasteiger partial charge in [0.05, 0.1) is 11.1 Å². The number of halogens is 3. The molecule has 18 heavy (non-hydrogen) atoms. The number of rotatable bonds is 4. The number of thiophene rings is 1. The Morgan fingerprint density at radius 3 is 2.78 bits per heavy atom. The van der Waals surface area contributed by atoms with Gasteiger partial charge in [-0.3, -0.25) is 0 Å². The Labute approximate surface area is 123 Å². The van der Waals surface area contributed by atoms with Gasteiger partial charge in [0.2, 0.25) is 0 Å². The molecule has 0 spiro atoms. The summed E-state index contributed by atoms with van der Waals surface area (Å²) < 4.78 is 14.3. The van der Waals surface area contributed by atoms with E-state index in [-0.39, 0.29) is 16.9 Å². The van der Waals surface area contributed by atoms with Crippen molar-refractivity contribution in [2.75, 3.05) is 6.54 Å². The van der Waals surface area contributed by atoms with Gasteiger partial charge < -0.3 is 5.32 Å². The minimum absolute atomic E-state index is 0.0220. The third kappa shape index (κ3) is 2.94. The Kier molecular flexibility index (Phi) is 4.78. The maximum atomic E-state index is 13.2. The van der Waals surface area contributed by atoms with Crippen molar-refractivity contribution in [3.05, 3.63) is 55.4 Å². The summed E-state index contributed by atoms with van der Waals surface area (Å²) >= 11 is 11.0. The van der Waals surface area contributed by atoms with Crippen LogP contribution in [-0.4, -0.2) is 6.54 Å². The van der Waals surface area contributed by atoms with Crippen LogP contribution in [0.3, 0.4) is 0 Å². The van der Waals surface area contributed by atoms with Gasteiger partial charge in [0.25, 0.3) is 0 Å². The van der Waals surface area contributed by atoms with Crippen LogP contribution in [-0.2, 0) is 0 Å². The summed E-state index contributed by atoms with van der Waals surface area (Å²) in [5.74, 6) is -0.389. The highest BCUT2D eigenvalue weighted by atomic mass is 79.9. The Morgan fingerprint density at radius 1 is 1.44 bits per heavy atom. The van der Waals surface area contributed by atoms with Crippen LogP contribution < -0.4 is 5.32 Å². The van der Waals surface area contributed by atoms with Crippen molar-refractivity contribution in [1.82, 2.24) is 5.32 Å². The van der Waals surface area contributed by atoms with E-state index in [4.69, 9.17) is 11.6 Å². The summed E-state index contributed by atoms with van der Waals surface area (Å²) in [7, 11) is 0. The molecule has 1 nitrogen and oxygen atoms in total. The van der Waals surface area contributed by atoms with E-state index in [9.17, 15) is 4.39 Å². The quantitative estimate of drug-likeness (QED) is 0.819. The minimum atomic E-state index is -0.389. The zero-order chi connectivity index (χ0) is 13.1. The summed E-state index contributed by atoms with van der Waals surface area (Å²) in [6.45, 7) is 2.86. The monoisotopic (exact) mass is 347 g/mol. The zero-order valence-electron chi connectivity index (χ0n) is 9.71. The Morgan fingerprint density at radius 2 is 2.22 bits per heavy atom. The highest BCUT2D eigenvalue weighted by molar-refractivity contribution is 9.10. The van der Waals surface area contributed by atoms with Gasteiger partial charge in [0, 0.05) is 9.85 Å². The van der Waals surface area contributed by atoms with E-state index in [1.165, 1.54) is 6.07 Å². The molecule has 1 aromatic heterocycles. The van der Waals surface area contributed by atoms with E-state index in [2.05, 4.69) is 26.6 Å². The standard InChI is InChI=1S/C13H12BrClFNS/c1-2-17-13(9-6-18-7-10(9)14)8-3-4-12(16)11(15)5-8/h3-7,13,17H,2H2,1H3. The van der Waals surface area contributed by atoms with Crippen molar-refractivity contribution in [1.29, 1.82) is 0 Å². The first-order valence-electron chi connectivity index (χ1n) is 5.53. The van der Waals surface area contributed by atoms with Gasteiger partial charge in [-0.05, 0) is 51.1 Å². The van der Waals surface area contributed by atoms with E-state index in [1.807, 2.05) is 12.3 Å². The fourth-order valence-electron chi connectivity index (χ4n) is 1.80. The summed E-state index contributed by atoms with van der Waals surface area (Å²) in [5.41, 5.74) is 2.10. The summed E-state index contributed by atoms with van der Waals surface area (Å²) in [4.78, 5) is 0. The van der Waals surface area contributed by atoms with Crippen LogP contribution in [0, 0.1) is 5.82 Å². The van der Waals surface area contributed by atoms with Crippen LogP contribution >= 0.6 is 38.9 Å². The number of benzene rings is 1. The number of hydrogen-bond acceptors (Lipinski definition) is 2. The first-order chi connectivity index (χ1) is 8.63. The average molecular weight is 349 g/mol. The molecule has 1 heterocycles. The largest absolute Gasteiger partial charge is 0.306 e. The Bertz CT molecular complexity index is 544. The van der Waals surface area contributed by atoms with E-state index in [0.29, 0.717) is 0 Å². The molecule has 0 saturated heterocycles. The summed E-state index contributed by atoms with van der Waals surface area (Å²) in [6.07, 6.45) is 0. The Hall–Kier alpha value is -0.420. The molecule has 0 fully saturated rings.